The Bertz CT molecular complexity index is 278. The molecule has 2 nitrogen and oxygen atoms in total. The van der Waals surface area contributed by atoms with Crippen molar-refractivity contribution in [2.24, 2.45) is 5.92 Å². The fraction of sp³-hybridized carbons (Fsp3) is 0.455. The number of ether oxygens (including phenoxy) is 2. The maximum absolute atomic E-state index is 5.64. The van der Waals surface area contributed by atoms with E-state index in [0.717, 1.165) is 36.5 Å². The van der Waals surface area contributed by atoms with Crippen LogP contribution in [0.1, 0.15) is 6.42 Å². The first kappa shape index (κ1) is 9.99. The molecule has 1 saturated heterocycles. The summed E-state index contributed by atoms with van der Waals surface area (Å²) in [6.45, 7) is 2.49. The SMILES string of the molecule is Brc1ccc(OC[C@@H]2CCOC2)cc1. The number of halogens is 1. The van der Waals surface area contributed by atoms with Gasteiger partial charge in [0.25, 0.3) is 0 Å². The molecule has 1 heterocycles. The highest BCUT2D eigenvalue weighted by Crippen LogP contribution is 2.18. The van der Waals surface area contributed by atoms with E-state index in [9.17, 15) is 0 Å². The molecule has 2 rings (SSSR count). The average molecular weight is 257 g/mol. The number of hydrogen-bond acceptors (Lipinski definition) is 2. The third-order valence-electron chi connectivity index (χ3n) is 2.32. The molecule has 0 amide bonds. The molecule has 1 aliphatic heterocycles. The van der Waals surface area contributed by atoms with Gasteiger partial charge in [-0.3, -0.25) is 0 Å². The minimum Gasteiger partial charge on any atom is -0.493 e. The van der Waals surface area contributed by atoms with Crippen molar-refractivity contribution >= 4 is 15.9 Å². The van der Waals surface area contributed by atoms with Gasteiger partial charge in [0, 0.05) is 17.0 Å². The molecule has 3 heteroatoms. The van der Waals surface area contributed by atoms with Crippen molar-refractivity contribution in [3.8, 4) is 5.75 Å². The molecular formula is C11H13BrO2. The van der Waals surface area contributed by atoms with E-state index in [2.05, 4.69) is 15.9 Å². The van der Waals surface area contributed by atoms with Gasteiger partial charge >= 0.3 is 0 Å². The van der Waals surface area contributed by atoms with Crippen LogP contribution >= 0.6 is 15.9 Å². The van der Waals surface area contributed by atoms with Crippen LogP contribution in [0.15, 0.2) is 28.7 Å². The smallest absolute Gasteiger partial charge is 0.119 e. The molecule has 0 radical (unpaired) electrons. The molecule has 14 heavy (non-hydrogen) atoms. The molecule has 1 aliphatic rings. The first-order valence-electron chi connectivity index (χ1n) is 4.81. The van der Waals surface area contributed by atoms with Crippen LogP contribution in [-0.2, 0) is 4.74 Å². The summed E-state index contributed by atoms with van der Waals surface area (Å²) in [5.41, 5.74) is 0. The average Bonchev–Trinajstić information content (AvgIpc) is 2.70. The molecule has 0 saturated carbocycles. The zero-order valence-electron chi connectivity index (χ0n) is 7.91. The Morgan fingerprint density at radius 1 is 1.36 bits per heavy atom. The molecule has 1 aromatic rings. The van der Waals surface area contributed by atoms with Gasteiger partial charge in [-0.2, -0.15) is 0 Å². The van der Waals surface area contributed by atoms with Crippen molar-refractivity contribution in [1.29, 1.82) is 0 Å². The zero-order valence-corrected chi connectivity index (χ0v) is 9.50. The second kappa shape index (κ2) is 4.80. The first-order chi connectivity index (χ1) is 6.84. The van der Waals surface area contributed by atoms with Gasteiger partial charge in [0.1, 0.15) is 5.75 Å². The molecule has 0 spiro atoms. The summed E-state index contributed by atoms with van der Waals surface area (Å²) in [5, 5.41) is 0. The standard InChI is InChI=1S/C11H13BrO2/c12-10-1-3-11(4-2-10)14-8-9-5-6-13-7-9/h1-4,9H,5-8H2/t9-/m1/s1. The molecule has 1 fully saturated rings. The largest absolute Gasteiger partial charge is 0.493 e. The van der Waals surface area contributed by atoms with Gasteiger partial charge < -0.3 is 9.47 Å². The van der Waals surface area contributed by atoms with Crippen molar-refractivity contribution in [2.75, 3.05) is 19.8 Å². The van der Waals surface area contributed by atoms with Crippen molar-refractivity contribution in [2.45, 2.75) is 6.42 Å². The third-order valence-corrected chi connectivity index (χ3v) is 2.85. The summed E-state index contributed by atoms with van der Waals surface area (Å²) in [7, 11) is 0. The van der Waals surface area contributed by atoms with Crippen LogP contribution < -0.4 is 4.74 Å². The Morgan fingerprint density at radius 2 is 2.14 bits per heavy atom. The quantitative estimate of drug-likeness (QED) is 0.828. The Kier molecular flexibility index (Phi) is 3.43. The summed E-state index contributed by atoms with van der Waals surface area (Å²) in [4.78, 5) is 0. The van der Waals surface area contributed by atoms with E-state index >= 15 is 0 Å². The molecule has 0 bridgehead atoms. The molecule has 1 aromatic carbocycles. The first-order valence-corrected chi connectivity index (χ1v) is 5.60. The van der Waals surface area contributed by atoms with Crippen LogP contribution in [0.4, 0.5) is 0 Å². The topological polar surface area (TPSA) is 18.5 Å². The van der Waals surface area contributed by atoms with Crippen LogP contribution in [0, 0.1) is 5.92 Å². The molecule has 76 valence electrons. The molecule has 0 aromatic heterocycles. The summed E-state index contributed by atoms with van der Waals surface area (Å²) >= 11 is 3.39. The highest BCUT2D eigenvalue weighted by Gasteiger charge is 2.15. The normalized spacial score (nSPS) is 21.1. The van der Waals surface area contributed by atoms with E-state index in [0.29, 0.717) is 5.92 Å². The van der Waals surface area contributed by atoms with Gasteiger partial charge in [0.2, 0.25) is 0 Å². The highest BCUT2D eigenvalue weighted by atomic mass is 79.9. The lowest BCUT2D eigenvalue weighted by Crippen LogP contribution is -2.11. The predicted molar refractivity (Wildman–Crippen MR) is 58.6 cm³/mol. The molecule has 0 unspecified atom stereocenters. The predicted octanol–water partition coefficient (Wildman–Crippen LogP) is 2.86. The summed E-state index contributed by atoms with van der Waals surface area (Å²) < 4.78 is 12.0. The number of benzene rings is 1. The van der Waals surface area contributed by atoms with Crippen molar-refractivity contribution in [3.63, 3.8) is 0 Å². The van der Waals surface area contributed by atoms with E-state index in [4.69, 9.17) is 9.47 Å². The zero-order chi connectivity index (χ0) is 9.80. The lowest BCUT2D eigenvalue weighted by Gasteiger charge is -2.09. The fourth-order valence-electron chi connectivity index (χ4n) is 1.46. The van der Waals surface area contributed by atoms with Crippen molar-refractivity contribution in [3.05, 3.63) is 28.7 Å². The van der Waals surface area contributed by atoms with Crippen LogP contribution in [0.2, 0.25) is 0 Å². The van der Waals surface area contributed by atoms with E-state index in [1.807, 2.05) is 24.3 Å². The Balaban J connectivity index is 1.82. The fourth-order valence-corrected chi connectivity index (χ4v) is 1.72. The highest BCUT2D eigenvalue weighted by molar-refractivity contribution is 9.10. The third kappa shape index (κ3) is 2.72. The van der Waals surface area contributed by atoms with Gasteiger partial charge in [-0.25, -0.2) is 0 Å². The number of rotatable bonds is 3. The van der Waals surface area contributed by atoms with Gasteiger partial charge in [-0.1, -0.05) is 15.9 Å². The maximum atomic E-state index is 5.64. The van der Waals surface area contributed by atoms with Gasteiger partial charge in [0.15, 0.2) is 0 Å². The van der Waals surface area contributed by atoms with E-state index in [-0.39, 0.29) is 0 Å². The van der Waals surface area contributed by atoms with E-state index in [1.54, 1.807) is 0 Å². The summed E-state index contributed by atoms with van der Waals surface area (Å²) in [5.74, 6) is 1.50. The van der Waals surface area contributed by atoms with Gasteiger partial charge in [-0.15, -0.1) is 0 Å². The number of hydrogen-bond donors (Lipinski definition) is 0. The minimum atomic E-state index is 0.568. The molecular weight excluding hydrogens is 244 g/mol. The molecule has 0 N–H and O–H groups in total. The lowest BCUT2D eigenvalue weighted by molar-refractivity contribution is 0.167. The minimum absolute atomic E-state index is 0.568. The Hall–Kier alpha value is -0.540. The second-order valence-electron chi connectivity index (χ2n) is 3.49. The van der Waals surface area contributed by atoms with Crippen LogP contribution in [-0.4, -0.2) is 19.8 Å². The Labute approximate surface area is 92.3 Å². The van der Waals surface area contributed by atoms with Crippen LogP contribution in [0.5, 0.6) is 5.75 Å². The summed E-state index contributed by atoms with van der Waals surface area (Å²) in [6.07, 6.45) is 1.12. The van der Waals surface area contributed by atoms with Gasteiger partial charge in [-0.05, 0) is 30.7 Å². The van der Waals surface area contributed by atoms with E-state index in [1.165, 1.54) is 0 Å². The Morgan fingerprint density at radius 3 is 2.79 bits per heavy atom. The monoisotopic (exact) mass is 256 g/mol. The van der Waals surface area contributed by atoms with Crippen LogP contribution in [0.3, 0.4) is 0 Å². The van der Waals surface area contributed by atoms with Gasteiger partial charge in [0.05, 0.1) is 13.2 Å². The molecule has 1 atom stereocenters. The van der Waals surface area contributed by atoms with Crippen molar-refractivity contribution in [1.82, 2.24) is 0 Å². The summed E-state index contributed by atoms with van der Waals surface area (Å²) in [6, 6.07) is 7.92. The van der Waals surface area contributed by atoms with Crippen LogP contribution in [0.25, 0.3) is 0 Å². The lowest BCUT2D eigenvalue weighted by atomic mass is 10.1. The van der Waals surface area contributed by atoms with Crippen molar-refractivity contribution < 1.29 is 9.47 Å². The maximum Gasteiger partial charge on any atom is 0.119 e. The van der Waals surface area contributed by atoms with E-state index < -0.39 is 0 Å². The molecule has 0 aliphatic carbocycles. The second-order valence-corrected chi connectivity index (χ2v) is 4.41.